The molecule has 0 aliphatic carbocycles. The van der Waals surface area contributed by atoms with Crippen LogP contribution in [0.5, 0.6) is 0 Å². The predicted molar refractivity (Wildman–Crippen MR) is 40.2 cm³/mol. The van der Waals surface area contributed by atoms with Gasteiger partial charge in [0.2, 0.25) is 5.95 Å². The maximum Gasteiger partial charge on any atom is 0.310 e. The van der Waals surface area contributed by atoms with Crippen molar-refractivity contribution < 1.29 is 14.3 Å². The lowest BCUT2D eigenvalue weighted by Crippen LogP contribution is -2.07. The average molecular weight is 169 g/mol. The molecule has 0 unspecified atom stereocenters. The molecule has 0 aliphatic heterocycles. The molecule has 0 bridgehead atoms. The normalized spacial score (nSPS) is 12.5. The zero-order chi connectivity index (χ0) is 9.14. The number of aliphatic carboxylic acids is 1. The summed E-state index contributed by atoms with van der Waals surface area (Å²) in [5.41, 5.74) is 0.426. The summed E-state index contributed by atoms with van der Waals surface area (Å²) >= 11 is 0. The number of carbonyl (C=O) groups is 1. The van der Waals surface area contributed by atoms with Crippen LogP contribution in [0.1, 0.15) is 18.4 Å². The molecule has 0 aromatic carbocycles. The van der Waals surface area contributed by atoms with Crippen LogP contribution in [0.4, 0.5) is 4.39 Å². The Morgan fingerprint density at radius 1 is 1.75 bits per heavy atom. The average Bonchev–Trinajstić information content (AvgIpc) is 2.03. The van der Waals surface area contributed by atoms with E-state index >= 15 is 0 Å². The minimum Gasteiger partial charge on any atom is -0.481 e. The largest absolute Gasteiger partial charge is 0.481 e. The second-order valence-corrected chi connectivity index (χ2v) is 2.47. The maximum atomic E-state index is 12.5. The molecular formula is C8H8FNO2. The first kappa shape index (κ1) is 8.64. The highest BCUT2D eigenvalue weighted by Gasteiger charge is 2.13. The Labute approximate surface area is 68.9 Å². The summed E-state index contributed by atoms with van der Waals surface area (Å²) in [5, 5.41) is 8.58. The zero-order valence-electron chi connectivity index (χ0n) is 6.49. The van der Waals surface area contributed by atoms with Gasteiger partial charge in [0.1, 0.15) is 0 Å². The first-order valence-corrected chi connectivity index (χ1v) is 3.45. The summed E-state index contributed by atoms with van der Waals surface area (Å²) in [6, 6.07) is 2.61. The van der Waals surface area contributed by atoms with Gasteiger partial charge in [-0.25, -0.2) is 4.98 Å². The van der Waals surface area contributed by atoms with E-state index in [4.69, 9.17) is 5.11 Å². The number of carboxylic acid groups (broad SMARTS) is 1. The molecule has 1 heterocycles. The SMILES string of the molecule is C[C@H](C(=O)O)c1ccnc(F)c1. The van der Waals surface area contributed by atoms with Crippen LogP contribution in [0.25, 0.3) is 0 Å². The lowest BCUT2D eigenvalue weighted by atomic mass is 10.0. The number of hydrogen-bond donors (Lipinski definition) is 1. The maximum absolute atomic E-state index is 12.5. The summed E-state index contributed by atoms with van der Waals surface area (Å²) in [4.78, 5) is 13.8. The topological polar surface area (TPSA) is 50.2 Å². The minimum absolute atomic E-state index is 0.426. The Hall–Kier alpha value is -1.45. The van der Waals surface area contributed by atoms with Gasteiger partial charge in [0.05, 0.1) is 5.92 Å². The summed E-state index contributed by atoms with van der Waals surface area (Å²) in [7, 11) is 0. The third-order valence-electron chi connectivity index (χ3n) is 1.62. The summed E-state index contributed by atoms with van der Waals surface area (Å²) in [6.45, 7) is 1.50. The molecule has 0 saturated carbocycles. The second-order valence-electron chi connectivity index (χ2n) is 2.47. The highest BCUT2D eigenvalue weighted by atomic mass is 19.1. The molecule has 0 aliphatic rings. The molecule has 0 radical (unpaired) electrons. The van der Waals surface area contributed by atoms with Crippen LogP contribution in [0, 0.1) is 5.95 Å². The first-order valence-electron chi connectivity index (χ1n) is 3.45. The molecule has 1 atom stereocenters. The number of halogens is 1. The van der Waals surface area contributed by atoms with Crippen molar-refractivity contribution >= 4 is 5.97 Å². The van der Waals surface area contributed by atoms with Crippen LogP contribution in [0.2, 0.25) is 0 Å². The molecular weight excluding hydrogens is 161 g/mol. The van der Waals surface area contributed by atoms with E-state index in [0.717, 1.165) is 6.07 Å². The number of pyridine rings is 1. The van der Waals surface area contributed by atoms with Crippen molar-refractivity contribution in [3.05, 3.63) is 29.8 Å². The Balaban J connectivity index is 2.95. The van der Waals surface area contributed by atoms with Crippen LogP contribution in [-0.2, 0) is 4.79 Å². The zero-order valence-corrected chi connectivity index (χ0v) is 6.49. The fourth-order valence-corrected chi connectivity index (χ4v) is 0.829. The Bertz CT molecular complexity index is 301. The quantitative estimate of drug-likeness (QED) is 0.681. The van der Waals surface area contributed by atoms with E-state index in [0.29, 0.717) is 5.56 Å². The van der Waals surface area contributed by atoms with Crippen LogP contribution < -0.4 is 0 Å². The molecule has 1 rings (SSSR count). The molecule has 0 spiro atoms. The monoisotopic (exact) mass is 169 g/mol. The number of hydrogen-bond acceptors (Lipinski definition) is 2. The standard InChI is InChI=1S/C8H8FNO2/c1-5(8(11)12)6-2-3-10-7(9)4-6/h2-5H,1H3,(H,11,12)/t5-/m0/s1. The van der Waals surface area contributed by atoms with E-state index in [1.165, 1.54) is 19.2 Å². The number of aromatic nitrogens is 1. The van der Waals surface area contributed by atoms with Gasteiger partial charge in [0.25, 0.3) is 0 Å². The van der Waals surface area contributed by atoms with Crippen LogP contribution in [0.3, 0.4) is 0 Å². The van der Waals surface area contributed by atoms with Crippen LogP contribution in [-0.4, -0.2) is 16.1 Å². The Morgan fingerprint density at radius 2 is 2.42 bits per heavy atom. The van der Waals surface area contributed by atoms with E-state index in [1.807, 2.05) is 0 Å². The van der Waals surface area contributed by atoms with Crippen molar-refractivity contribution in [3.8, 4) is 0 Å². The molecule has 12 heavy (non-hydrogen) atoms. The van der Waals surface area contributed by atoms with E-state index < -0.39 is 17.8 Å². The van der Waals surface area contributed by atoms with Crippen molar-refractivity contribution in [1.29, 1.82) is 0 Å². The highest BCUT2D eigenvalue weighted by Crippen LogP contribution is 2.14. The third kappa shape index (κ3) is 1.78. The van der Waals surface area contributed by atoms with Crippen molar-refractivity contribution in [2.75, 3.05) is 0 Å². The molecule has 0 saturated heterocycles. The van der Waals surface area contributed by atoms with Gasteiger partial charge in [-0.1, -0.05) is 0 Å². The third-order valence-corrected chi connectivity index (χ3v) is 1.62. The highest BCUT2D eigenvalue weighted by molar-refractivity contribution is 5.75. The van der Waals surface area contributed by atoms with Gasteiger partial charge in [-0.15, -0.1) is 0 Å². The predicted octanol–water partition coefficient (Wildman–Crippen LogP) is 1.41. The Kier molecular flexibility index (Phi) is 2.38. The second kappa shape index (κ2) is 3.30. The molecule has 3 nitrogen and oxygen atoms in total. The summed E-state index contributed by atoms with van der Waals surface area (Å²) in [6.07, 6.45) is 1.25. The molecule has 1 aromatic rings. The van der Waals surface area contributed by atoms with E-state index in [-0.39, 0.29) is 0 Å². The lowest BCUT2D eigenvalue weighted by molar-refractivity contribution is -0.138. The van der Waals surface area contributed by atoms with E-state index in [1.54, 1.807) is 0 Å². The summed E-state index contributed by atoms with van der Waals surface area (Å²) in [5.74, 6) is -2.32. The van der Waals surface area contributed by atoms with Crippen molar-refractivity contribution in [3.63, 3.8) is 0 Å². The van der Waals surface area contributed by atoms with Crippen molar-refractivity contribution in [2.45, 2.75) is 12.8 Å². The van der Waals surface area contributed by atoms with Crippen molar-refractivity contribution in [1.82, 2.24) is 4.98 Å². The van der Waals surface area contributed by atoms with Gasteiger partial charge < -0.3 is 5.11 Å². The number of rotatable bonds is 2. The molecule has 4 heteroatoms. The first-order chi connectivity index (χ1) is 5.61. The molecule has 0 fully saturated rings. The lowest BCUT2D eigenvalue weighted by Gasteiger charge is -2.04. The smallest absolute Gasteiger partial charge is 0.310 e. The van der Waals surface area contributed by atoms with Gasteiger partial charge >= 0.3 is 5.97 Å². The molecule has 1 aromatic heterocycles. The van der Waals surface area contributed by atoms with Gasteiger partial charge in [-0.2, -0.15) is 4.39 Å². The van der Waals surface area contributed by atoms with E-state index in [9.17, 15) is 9.18 Å². The van der Waals surface area contributed by atoms with Crippen molar-refractivity contribution in [2.24, 2.45) is 0 Å². The molecule has 1 N–H and O–H groups in total. The van der Waals surface area contributed by atoms with Gasteiger partial charge in [-0.3, -0.25) is 4.79 Å². The molecule has 0 amide bonds. The van der Waals surface area contributed by atoms with Crippen LogP contribution in [0.15, 0.2) is 18.3 Å². The number of carboxylic acids is 1. The fourth-order valence-electron chi connectivity index (χ4n) is 0.829. The Morgan fingerprint density at radius 3 is 2.92 bits per heavy atom. The minimum atomic E-state index is -0.972. The van der Waals surface area contributed by atoms with Crippen LogP contribution >= 0.6 is 0 Å². The van der Waals surface area contributed by atoms with Gasteiger partial charge in [0.15, 0.2) is 0 Å². The van der Waals surface area contributed by atoms with Gasteiger partial charge in [0, 0.05) is 6.20 Å². The fraction of sp³-hybridized carbons (Fsp3) is 0.250. The molecule has 64 valence electrons. The van der Waals surface area contributed by atoms with E-state index in [2.05, 4.69) is 4.98 Å². The number of nitrogens with zero attached hydrogens (tertiary/aromatic N) is 1. The van der Waals surface area contributed by atoms with Gasteiger partial charge in [-0.05, 0) is 24.6 Å². The summed E-state index contributed by atoms with van der Waals surface area (Å²) < 4.78 is 12.5.